The molecule has 0 amide bonds. The highest BCUT2D eigenvalue weighted by molar-refractivity contribution is 7.74. The first-order valence-electron chi connectivity index (χ1n) is 5.83. The summed E-state index contributed by atoms with van der Waals surface area (Å²) in [5.74, 6) is -1.77. The van der Waals surface area contributed by atoms with Crippen molar-refractivity contribution < 1.29 is 23.4 Å². The fourth-order valence-corrected chi connectivity index (χ4v) is 2.44. The minimum atomic E-state index is -3.03. The van der Waals surface area contributed by atoms with Gasteiger partial charge in [0, 0.05) is 0 Å². The van der Waals surface area contributed by atoms with Crippen LogP contribution in [-0.2, 0) is 10.9 Å². The van der Waals surface area contributed by atoms with Crippen molar-refractivity contribution in [2.24, 2.45) is 0 Å². The molecule has 0 aliphatic carbocycles. The molecule has 7 heteroatoms. The molecule has 2 N–H and O–H groups in total. The molecule has 2 rings (SSSR count). The van der Waals surface area contributed by atoms with Crippen molar-refractivity contribution in [1.82, 2.24) is 0 Å². The summed E-state index contributed by atoms with van der Waals surface area (Å²) in [5.41, 5.74) is 0.818. The molecule has 1 radical (unpaired) electrons. The van der Waals surface area contributed by atoms with Gasteiger partial charge in [-0.15, -0.1) is 0 Å². The molecule has 109 valence electrons. The Kier molecular flexibility index (Phi) is 4.13. The van der Waals surface area contributed by atoms with E-state index >= 15 is 0 Å². The second-order valence-electron chi connectivity index (χ2n) is 4.22. The topological polar surface area (TPSA) is 94.9 Å². The van der Waals surface area contributed by atoms with Gasteiger partial charge in [0.2, 0.25) is 10.9 Å². The number of benzene rings is 2. The maximum atomic E-state index is 11.5. The predicted molar refractivity (Wildman–Crippen MR) is 78.4 cm³/mol. The first-order valence-corrected chi connectivity index (χ1v) is 6.96. The second kappa shape index (κ2) is 5.84. The van der Waals surface area contributed by atoms with Crippen molar-refractivity contribution in [2.75, 3.05) is 4.31 Å². The minimum Gasteiger partial charge on any atom is -0.507 e. The molecule has 0 saturated heterocycles. The molecule has 6 nitrogen and oxygen atoms in total. The van der Waals surface area contributed by atoms with Crippen LogP contribution in [0.4, 0.5) is 11.4 Å². The molecule has 2 aromatic rings. The van der Waals surface area contributed by atoms with Crippen LogP contribution in [0.5, 0.6) is 5.75 Å². The maximum absolute atomic E-state index is 11.5. The molecule has 21 heavy (non-hydrogen) atoms. The first kappa shape index (κ1) is 14.9. The zero-order chi connectivity index (χ0) is 15.6. The van der Waals surface area contributed by atoms with E-state index in [1.807, 2.05) is 0 Å². The number of hydrogen-bond donors (Lipinski definition) is 3. The SMILES string of the molecule is [CH2]c1ccc(N(c2ccc(O)c(C(=O)O)c2)[SH](=O)=O)cc1. The average Bonchev–Trinajstić information content (AvgIpc) is 2.42. The molecule has 0 aliphatic heterocycles. The van der Waals surface area contributed by atoms with Gasteiger partial charge in [-0.3, -0.25) is 0 Å². The summed E-state index contributed by atoms with van der Waals surface area (Å²) >= 11 is 0. The standard InChI is InChI=1S/C14H12NO5S/c1-9-2-4-10(5-3-9)15(21(19)20)11-6-7-13(16)12(8-11)14(17)18/h2-8,16,21H,1H2,(H,17,18). The normalized spacial score (nSPS) is 10.6. The van der Waals surface area contributed by atoms with Crippen molar-refractivity contribution in [3.8, 4) is 5.75 Å². The van der Waals surface area contributed by atoms with Crippen LogP contribution in [0.2, 0.25) is 0 Å². The molecule has 0 aliphatic rings. The van der Waals surface area contributed by atoms with E-state index in [-0.39, 0.29) is 11.3 Å². The Hall–Kier alpha value is -2.54. The van der Waals surface area contributed by atoms with Crippen LogP contribution in [0, 0.1) is 6.92 Å². The number of aromatic carboxylic acids is 1. The van der Waals surface area contributed by atoms with Gasteiger partial charge in [-0.25, -0.2) is 17.5 Å². The minimum absolute atomic E-state index is 0.123. The summed E-state index contributed by atoms with van der Waals surface area (Å²) in [6.07, 6.45) is 0. The number of aromatic hydroxyl groups is 1. The van der Waals surface area contributed by atoms with E-state index in [2.05, 4.69) is 6.92 Å². The van der Waals surface area contributed by atoms with Gasteiger partial charge in [0.25, 0.3) is 0 Å². The summed E-state index contributed by atoms with van der Waals surface area (Å²) in [4.78, 5) is 11.0. The third-order valence-electron chi connectivity index (χ3n) is 2.80. The fraction of sp³-hybridized carbons (Fsp3) is 0. The summed E-state index contributed by atoms with van der Waals surface area (Å²) in [6.45, 7) is 3.71. The monoisotopic (exact) mass is 306 g/mol. The molecule has 0 saturated carbocycles. The lowest BCUT2D eigenvalue weighted by Gasteiger charge is -2.18. The predicted octanol–water partition coefficient (Wildman–Crippen LogP) is 1.94. The maximum Gasteiger partial charge on any atom is 0.339 e. The molecule has 0 atom stereocenters. The van der Waals surface area contributed by atoms with Crippen molar-refractivity contribution in [3.63, 3.8) is 0 Å². The Bertz CT molecular complexity index is 744. The largest absolute Gasteiger partial charge is 0.507 e. The average molecular weight is 306 g/mol. The summed E-state index contributed by atoms with van der Waals surface area (Å²) in [7, 11) is -3.03. The third kappa shape index (κ3) is 3.14. The molecule has 2 aromatic carbocycles. The fourth-order valence-electron chi connectivity index (χ4n) is 1.80. The third-order valence-corrected chi connectivity index (χ3v) is 3.59. The lowest BCUT2D eigenvalue weighted by molar-refractivity contribution is 0.0693. The van der Waals surface area contributed by atoms with Gasteiger partial charge in [0.05, 0.1) is 11.4 Å². The van der Waals surface area contributed by atoms with Gasteiger partial charge >= 0.3 is 5.97 Å². The molecule has 0 unspecified atom stereocenters. The lowest BCUT2D eigenvalue weighted by atomic mass is 10.1. The Morgan fingerprint density at radius 3 is 2.14 bits per heavy atom. The number of hydrogen-bond acceptors (Lipinski definition) is 4. The summed E-state index contributed by atoms with van der Waals surface area (Å²) < 4.78 is 23.9. The van der Waals surface area contributed by atoms with E-state index in [1.54, 1.807) is 24.3 Å². The van der Waals surface area contributed by atoms with Crippen LogP contribution >= 0.6 is 0 Å². The van der Waals surface area contributed by atoms with Crippen LogP contribution in [0.1, 0.15) is 15.9 Å². The zero-order valence-electron chi connectivity index (χ0n) is 10.8. The van der Waals surface area contributed by atoms with Crippen LogP contribution in [0.15, 0.2) is 42.5 Å². The Morgan fingerprint density at radius 2 is 1.62 bits per heavy atom. The number of carboxylic acids is 1. The van der Waals surface area contributed by atoms with E-state index in [9.17, 15) is 18.3 Å². The number of nitrogens with zero attached hydrogens (tertiary/aromatic N) is 1. The van der Waals surface area contributed by atoms with Crippen LogP contribution in [-0.4, -0.2) is 24.6 Å². The number of thiol groups is 1. The highest BCUT2D eigenvalue weighted by atomic mass is 32.2. The molecule has 0 fully saturated rings. The Labute approximate surface area is 123 Å². The van der Waals surface area contributed by atoms with Crippen molar-refractivity contribution in [1.29, 1.82) is 0 Å². The number of phenols is 1. The second-order valence-corrected chi connectivity index (χ2v) is 5.10. The van der Waals surface area contributed by atoms with E-state index < -0.39 is 22.6 Å². The van der Waals surface area contributed by atoms with Crippen molar-refractivity contribution in [2.45, 2.75) is 0 Å². The van der Waals surface area contributed by atoms with Gasteiger partial charge in [-0.2, -0.15) is 0 Å². The first-order chi connectivity index (χ1) is 9.90. The highest BCUT2D eigenvalue weighted by Gasteiger charge is 2.16. The number of carbonyl (C=O) groups is 1. The molecule has 0 aromatic heterocycles. The Balaban J connectivity index is 2.56. The summed E-state index contributed by atoms with van der Waals surface area (Å²) in [5, 5.41) is 18.5. The Morgan fingerprint density at radius 1 is 1.05 bits per heavy atom. The van der Waals surface area contributed by atoms with Gasteiger partial charge in [0.1, 0.15) is 11.3 Å². The molecular weight excluding hydrogens is 294 g/mol. The lowest BCUT2D eigenvalue weighted by Crippen LogP contribution is -2.15. The number of carboxylic acid groups (broad SMARTS) is 1. The smallest absolute Gasteiger partial charge is 0.339 e. The van der Waals surface area contributed by atoms with E-state index in [0.29, 0.717) is 5.69 Å². The van der Waals surface area contributed by atoms with Gasteiger partial charge < -0.3 is 10.2 Å². The van der Waals surface area contributed by atoms with Crippen LogP contribution < -0.4 is 4.31 Å². The van der Waals surface area contributed by atoms with Crippen molar-refractivity contribution >= 4 is 28.2 Å². The van der Waals surface area contributed by atoms with Crippen molar-refractivity contribution in [3.05, 3.63) is 60.5 Å². The molecule has 0 bridgehead atoms. The van der Waals surface area contributed by atoms with E-state index in [0.717, 1.165) is 22.0 Å². The van der Waals surface area contributed by atoms with Gasteiger partial charge in [-0.05, 0) is 42.8 Å². The number of anilines is 2. The highest BCUT2D eigenvalue weighted by Crippen LogP contribution is 2.30. The molecule has 0 spiro atoms. The molecule has 0 heterocycles. The van der Waals surface area contributed by atoms with E-state index in [1.165, 1.54) is 6.07 Å². The zero-order valence-corrected chi connectivity index (χ0v) is 11.7. The van der Waals surface area contributed by atoms with Crippen LogP contribution in [0.25, 0.3) is 0 Å². The number of rotatable bonds is 4. The van der Waals surface area contributed by atoms with Gasteiger partial charge in [-0.1, -0.05) is 12.1 Å². The van der Waals surface area contributed by atoms with Crippen LogP contribution in [0.3, 0.4) is 0 Å². The van der Waals surface area contributed by atoms with Gasteiger partial charge in [0.15, 0.2) is 0 Å². The van der Waals surface area contributed by atoms with E-state index in [4.69, 9.17) is 5.11 Å². The quantitative estimate of drug-likeness (QED) is 0.750. The molecular formula is C14H12NO5S. The summed E-state index contributed by atoms with van der Waals surface area (Å²) in [6, 6.07) is 9.95.